The van der Waals surface area contributed by atoms with E-state index in [1.165, 1.54) is 0 Å². The molecule has 0 aliphatic carbocycles. The Bertz CT molecular complexity index is 657. The van der Waals surface area contributed by atoms with E-state index < -0.39 is 17.7 Å². The highest BCUT2D eigenvalue weighted by atomic mass is 79.9. The van der Waals surface area contributed by atoms with Crippen molar-refractivity contribution in [1.82, 2.24) is 15.0 Å². The van der Waals surface area contributed by atoms with Gasteiger partial charge in [-0.1, -0.05) is 38.8 Å². The topological polar surface area (TPSA) is 47.8 Å². The van der Waals surface area contributed by atoms with Gasteiger partial charge in [0.05, 0.1) is 12.7 Å². The number of carbonyl (C=O) groups is 1. The molecule has 0 fully saturated rings. The van der Waals surface area contributed by atoms with Gasteiger partial charge in [0.1, 0.15) is 0 Å². The van der Waals surface area contributed by atoms with Crippen molar-refractivity contribution in [2.24, 2.45) is 0 Å². The van der Waals surface area contributed by atoms with Crippen LogP contribution in [0.5, 0.6) is 0 Å². The molecule has 0 atom stereocenters. The molecule has 0 saturated heterocycles. The van der Waals surface area contributed by atoms with Gasteiger partial charge in [0, 0.05) is 9.50 Å². The van der Waals surface area contributed by atoms with Gasteiger partial charge in [-0.2, -0.15) is 13.2 Å². The summed E-state index contributed by atoms with van der Waals surface area (Å²) in [6.45, 7) is 0.115. The predicted octanol–water partition coefficient (Wildman–Crippen LogP) is 3.49. The fourth-order valence-corrected chi connectivity index (χ4v) is 2.18. The van der Waals surface area contributed by atoms with E-state index >= 15 is 0 Å². The average Bonchev–Trinajstić information content (AvgIpc) is 2.79. The first-order chi connectivity index (χ1) is 9.27. The van der Waals surface area contributed by atoms with Crippen molar-refractivity contribution in [2.45, 2.75) is 12.7 Å². The zero-order chi connectivity index (χ0) is 14.9. The zero-order valence-corrected chi connectivity index (χ0v) is 12.0. The summed E-state index contributed by atoms with van der Waals surface area (Å²) < 4.78 is 38.6. The normalized spacial score (nSPS) is 11.7. The molecule has 0 radical (unpaired) electrons. The van der Waals surface area contributed by atoms with Crippen LogP contribution >= 0.6 is 27.5 Å². The van der Waals surface area contributed by atoms with Crippen LogP contribution in [0.15, 0.2) is 28.9 Å². The maximum atomic E-state index is 12.2. The number of Topliss-reactive ketones (excluding diaryl/α,β-unsaturated/α-hetero) is 1. The Labute approximate surface area is 124 Å². The summed E-state index contributed by atoms with van der Waals surface area (Å²) in [5, 5.41) is 7.13. The Morgan fingerprint density at radius 2 is 2.10 bits per heavy atom. The molecule has 0 aliphatic heterocycles. The first-order valence-corrected chi connectivity index (χ1v) is 6.40. The Balaban J connectivity index is 2.20. The van der Waals surface area contributed by atoms with Gasteiger partial charge in [0.15, 0.2) is 5.69 Å². The van der Waals surface area contributed by atoms with Crippen molar-refractivity contribution in [3.63, 3.8) is 0 Å². The van der Waals surface area contributed by atoms with Crippen LogP contribution in [0.1, 0.15) is 16.1 Å². The number of halogens is 5. The van der Waals surface area contributed by atoms with E-state index in [4.69, 9.17) is 11.6 Å². The van der Waals surface area contributed by atoms with Gasteiger partial charge in [0.25, 0.3) is 5.78 Å². The maximum absolute atomic E-state index is 12.2. The Hall–Kier alpha value is -1.41. The summed E-state index contributed by atoms with van der Waals surface area (Å²) in [5.74, 6) is -2.02. The minimum atomic E-state index is -4.96. The molecule has 20 heavy (non-hydrogen) atoms. The van der Waals surface area contributed by atoms with Gasteiger partial charge in [0.2, 0.25) is 0 Å². The summed E-state index contributed by atoms with van der Waals surface area (Å²) in [6.07, 6.45) is -4.02. The van der Waals surface area contributed by atoms with Crippen LogP contribution in [0.2, 0.25) is 5.02 Å². The minimum Gasteiger partial charge on any atom is -0.282 e. The standard InChI is InChI=1S/C11H6BrClF3N3O/c12-7-2-1-6(8(13)3-7)4-19-5-9(17-18-19)10(20)11(14,15)16/h1-3,5H,4H2. The molecule has 1 heterocycles. The number of benzene rings is 1. The number of hydrogen-bond acceptors (Lipinski definition) is 3. The summed E-state index contributed by atoms with van der Waals surface area (Å²) in [5.41, 5.74) is -0.100. The van der Waals surface area contributed by atoms with Crippen molar-refractivity contribution < 1.29 is 18.0 Å². The van der Waals surface area contributed by atoms with Crippen molar-refractivity contribution >= 4 is 33.3 Å². The van der Waals surface area contributed by atoms with Crippen LogP contribution in [0, 0.1) is 0 Å². The summed E-state index contributed by atoms with van der Waals surface area (Å²) >= 11 is 9.22. The SMILES string of the molecule is O=C(c1cn(Cc2ccc(Br)cc2Cl)nn1)C(F)(F)F. The molecule has 0 bridgehead atoms. The van der Waals surface area contributed by atoms with Gasteiger partial charge in [-0.15, -0.1) is 5.10 Å². The highest BCUT2D eigenvalue weighted by molar-refractivity contribution is 9.10. The second-order valence-electron chi connectivity index (χ2n) is 3.86. The third-order valence-corrected chi connectivity index (χ3v) is 3.22. The predicted molar refractivity (Wildman–Crippen MR) is 68.7 cm³/mol. The van der Waals surface area contributed by atoms with E-state index in [0.717, 1.165) is 15.4 Å². The molecule has 4 nitrogen and oxygen atoms in total. The van der Waals surface area contributed by atoms with Gasteiger partial charge in [-0.25, -0.2) is 4.68 Å². The second kappa shape index (κ2) is 5.53. The van der Waals surface area contributed by atoms with Crippen molar-refractivity contribution in [2.75, 3.05) is 0 Å². The Morgan fingerprint density at radius 1 is 1.40 bits per heavy atom. The number of alkyl halides is 3. The molecule has 106 valence electrons. The van der Waals surface area contributed by atoms with Gasteiger partial charge >= 0.3 is 6.18 Å². The maximum Gasteiger partial charge on any atom is 0.456 e. The van der Waals surface area contributed by atoms with E-state index in [1.807, 2.05) is 0 Å². The number of ketones is 1. The highest BCUT2D eigenvalue weighted by Gasteiger charge is 2.41. The van der Waals surface area contributed by atoms with Crippen LogP contribution in [-0.4, -0.2) is 27.0 Å². The van der Waals surface area contributed by atoms with E-state index in [-0.39, 0.29) is 6.54 Å². The molecule has 2 aromatic rings. The monoisotopic (exact) mass is 367 g/mol. The van der Waals surface area contributed by atoms with E-state index in [9.17, 15) is 18.0 Å². The molecule has 0 N–H and O–H groups in total. The molecule has 0 aliphatic rings. The number of rotatable bonds is 3. The van der Waals surface area contributed by atoms with Gasteiger partial charge in [-0.3, -0.25) is 4.79 Å². The Kier molecular flexibility index (Phi) is 4.14. The molecule has 0 spiro atoms. The zero-order valence-electron chi connectivity index (χ0n) is 9.66. The quantitative estimate of drug-likeness (QED) is 0.779. The van der Waals surface area contributed by atoms with E-state index in [0.29, 0.717) is 10.6 Å². The second-order valence-corrected chi connectivity index (χ2v) is 5.19. The first kappa shape index (κ1) is 15.0. The first-order valence-electron chi connectivity index (χ1n) is 5.23. The molecule has 1 aromatic heterocycles. The van der Waals surface area contributed by atoms with Crippen LogP contribution in [0.25, 0.3) is 0 Å². The summed E-state index contributed by atoms with van der Waals surface area (Å²) in [7, 11) is 0. The van der Waals surface area contributed by atoms with Crippen molar-refractivity contribution in [3.8, 4) is 0 Å². The largest absolute Gasteiger partial charge is 0.456 e. The third kappa shape index (κ3) is 3.37. The molecule has 2 rings (SSSR count). The lowest BCUT2D eigenvalue weighted by atomic mass is 10.2. The average molecular weight is 369 g/mol. The fourth-order valence-electron chi connectivity index (χ4n) is 1.45. The van der Waals surface area contributed by atoms with Crippen LogP contribution in [0.3, 0.4) is 0 Å². The van der Waals surface area contributed by atoms with Crippen LogP contribution in [0.4, 0.5) is 13.2 Å². The van der Waals surface area contributed by atoms with Crippen LogP contribution < -0.4 is 0 Å². The molecule has 0 unspecified atom stereocenters. The lowest BCUT2D eigenvalue weighted by Crippen LogP contribution is -2.23. The molecule has 1 aromatic carbocycles. The summed E-state index contributed by atoms with van der Waals surface area (Å²) in [4.78, 5) is 11.0. The third-order valence-electron chi connectivity index (χ3n) is 2.38. The van der Waals surface area contributed by atoms with Crippen molar-refractivity contribution in [3.05, 3.63) is 45.1 Å². The molecule has 9 heteroatoms. The number of carbonyl (C=O) groups excluding carboxylic acids is 1. The van der Waals surface area contributed by atoms with E-state index in [1.54, 1.807) is 18.2 Å². The number of aromatic nitrogens is 3. The lowest BCUT2D eigenvalue weighted by molar-refractivity contribution is -0.0888. The molecular formula is C11H6BrClF3N3O. The lowest BCUT2D eigenvalue weighted by Gasteiger charge is -2.04. The molecule has 0 amide bonds. The van der Waals surface area contributed by atoms with Gasteiger partial charge in [-0.05, 0) is 17.7 Å². The highest BCUT2D eigenvalue weighted by Crippen LogP contribution is 2.23. The fraction of sp³-hybridized carbons (Fsp3) is 0.182. The molecule has 0 saturated carbocycles. The smallest absolute Gasteiger partial charge is 0.282 e. The Morgan fingerprint density at radius 3 is 2.70 bits per heavy atom. The summed E-state index contributed by atoms with van der Waals surface area (Å²) in [6, 6.07) is 5.08. The minimum absolute atomic E-state index is 0.115. The van der Waals surface area contributed by atoms with E-state index in [2.05, 4.69) is 26.2 Å². The number of hydrogen-bond donors (Lipinski definition) is 0. The molecular weight excluding hydrogens is 362 g/mol. The van der Waals surface area contributed by atoms with Crippen molar-refractivity contribution in [1.29, 1.82) is 0 Å². The van der Waals surface area contributed by atoms with Gasteiger partial charge < -0.3 is 0 Å². The van der Waals surface area contributed by atoms with Crippen LogP contribution in [-0.2, 0) is 6.54 Å². The number of nitrogens with zero attached hydrogens (tertiary/aromatic N) is 3.